The number of benzene rings is 1. The van der Waals surface area contributed by atoms with Gasteiger partial charge >= 0.3 is 6.09 Å². The molecule has 25 heavy (non-hydrogen) atoms. The molecule has 0 saturated heterocycles. The average Bonchev–Trinajstić information content (AvgIpc) is 2.98. The van der Waals surface area contributed by atoms with Crippen LogP contribution in [0.25, 0.3) is 10.9 Å². The van der Waals surface area contributed by atoms with Gasteiger partial charge in [0.1, 0.15) is 18.0 Å². The number of terminal acetylenes is 1. The minimum atomic E-state index is -0.632. The van der Waals surface area contributed by atoms with Gasteiger partial charge in [-0.25, -0.2) is 4.79 Å². The number of fused-ring (bicyclic) bond motifs is 1. The Labute approximate surface area is 145 Å². The van der Waals surface area contributed by atoms with Gasteiger partial charge in [-0.15, -0.1) is 6.42 Å². The number of hydrogen-bond donors (Lipinski definition) is 3. The highest BCUT2D eigenvalue weighted by molar-refractivity contribution is 6.04. The number of carbonyl (C=O) groups excluding carboxylic acids is 2. The number of nitrogens with two attached hydrogens (primary N) is 1. The van der Waals surface area contributed by atoms with Gasteiger partial charge in [0.05, 0.1) is 17.6 Å². The molecular formula is C18H21N3O4. The Hall–Kier alpha value is -3.14. The van der Waals surface area contributed by atoms with Crippen LogP contribution < -0.4 is 15.8 Å². The lowest BCUT2D eigenvalue weighted by Crippen LogP contribution is -2.34. The van der Waals surface area contributed by atoms with Crippen LogP contribution in [0.15, 0.2) is 18.3 Å². The molecule has 0 aliphatic heterocycles. The third kappa shape index (κ3) is 4.44. The molecule has 0 fully saturated rings. The zero-order valence-electron chi connectivity index (χ0n) is 14.4. The zero-order chi connectivity index (χ0) is 18.6. The van der Waals surface area contributed by atoms with E-state index in [0.717, 1.165) is 0 Å². The van der Waals surface area contributed by atoms with Crippen molar-refractivity contribution in [1.29, 1.82) is 0 Å². The molecule has 7 nitrogen and oxygen atoms in total. The largest absolute Gasteiger partial charge is 0.490 e. The number of nitrogens with one attached hydrogen (secondary N) is 2. The number of aromatic amines is 1. The van der Waals surface area contributed by atoms with E-state index in [4.69, 9.17) is 21.6 Å². The molecule has 0 radical (unpaired) electrons. The summed E-state index contributed by atoms with van der Waals surface area (Å²) in [4.78, 5) is 26.3. The lowest BCUT2D eigenvalue weighted by Gasteiger charge is -2.19. The van der Waals surface area contributed by atoms with Crippen LogP contribution in [0.5, 0.6) is 5.75 Å². The summed E-state index contributed by atoms with van der Waals surface area (Å²) in [6.45, 7) is 5.76. The summed E-state index contributed by atoms with van der Waals surface area (Å²) in [6.07, 6.45) is 6.67. The van der Waals surface area contributed by atoms with Gasteiger partial charge in [0.2, 0.25) is 5.91 Å². The first kappa shape index (κ1) is 18.2. The monoisotopic (exact) mass is 343 g/mol. The molecule has 0 bridgehead atoms. The summed E-state index contributed by atoms with van der Waals surface area (Å²) in [7, 11) is 0. The van der Waals surface area contributed by atoms with Crippen molar-refractivity contribution in [1.82, 2.24) is 10.3 Å². The van der Waals surface area contributed by atoms with Gasteiger partial charge in [-0.05, 0) is 32.9 Å². The van der Waals surface area contributed by atoms with Gasteiger partial charge in [0.15, 0.2) is 0 Å². The fourth-order valence-corrected chi connectivity index (χ4v) is 2.29. The van der Waals surface area contributed by atoms with Crippen molar-refractivity contribution >= 4 is 22.9 Å². The average molecular weight is 343 g/mol. The molecule has 0 saturated carbocycles. The molecular weight excluding hydrogens is 322 g/mol. The van der Waals surface area contributed by atoms with Gasteiger partial charge in [0.25, 0.3) is 0 Å². The Morgan fingerprint density at radius 3 is 2.72 bits per heavy atom. The summed E-state index contributed by atoms with van der Waals surface area (Å²) in [5.74, 6) is 2.28. The molecule has 0 spiro atoms. The van der Waals surface area contributed by atoms with Crippen molar-refractivity contribution in [3.05, 3.63) is 29.5 Å². The highest BCUT2D eigenvalue weighted by atomic mass is 16.6. The molecule has 2 aromatic rings. The maximum absolute atomic E-state index is 11.6. The highest BCUT2D eigenvalue weighted by Gasteiger charge is 2.17. The van der Waals surface area contributed by atoms with Crippen LogP contribution in [0.4, 0.5) is 4.79 Å². The van der Waals surface area contributed by atoms with Crippen LogP contribution in [0, 0.1) is 12.3 Å². The Balaban J connectivity index is 2.09. The van der Waals surface area contributed by atoms with E-state index in [0.29, 0.717) is 22.2 Å². The normalized spacial score (nSPS) is 11.0. The molecule has 0 aliphatic carbocycles. The van der Waals surface area contributed by atoms with E-state index >= 15 is 0 Å². The Morgan fingerprint density at radius 1 is 1.40 bits per heavy atom. The minimum absolute atomic E-state index is 0.182. The molecule has 2 rings (SSSR count). The summed E-state index contributed by atoms with van der Waals surface area (Å²) < 4.78 is 10.8. The molecule has 0 atom stereocenters. The predicted molar refractivity (Wildman–Crippen MR) is 94.5 cm³/mol. The minimum Gasteiger partial charge on any atom is -0.490 e. The van der Waals surface area contributed by atoms with Crippen LogP contribution in [0.2, 0.25) is 0 Å². The number of rotatable bonds is 5. The standard InChI is InChI=1S/C18H21N3O4/c1-5-11-12-6-7-20-15(12)14(10-13(11)16(19)22)24-9-8-21-17(23)25-18(2,3)4/h1,6-7,10,20H,8-9H2,2-4H3,(H2,19,22)(H,21,23). The second kappa shape index (κ2) is 7.18. The van der Waals surface area contributed by atoms with Crippen molar-refractivity contribution in [2.75, 3.05) is 13.2 Å². The number of carbonyl (C=O) groups is 2. The lowest BCUT2D eigenvalue weighted by atomic mass is 10.0. The molecule has 7 heteroatoms. The van der Waals surface area contributed by atoms with Gasteiger partial charge in [-0.1, -0.05) is 5.92 Å². The Bertz CT molecular complexity index is 840. The van der Waals surface area contributed by atoms with Crippen molar-refractivity contribution in [3.8, 4) is 18.1 Å². The number of aromatic nitrogens is 1. The maximum atomic E-state index is 11.6. The Kier molecular flexibility index (Phi) is 5.22. The van der Waals surface area contributed by atoms with Crippen molar-refractivity contribution in [3.63, 3.8) is 0 Å². The van der Waals surface area contributed by atoms with Crippen LogP contribution >= 0.6 is 0 Å². The van der Waals surface area contributed by atoms with E-state index in [9.17, 15) is 9.59 Å². The van der Waals surface area contributed by atoms with Crippen LogP contribution in [0.1, 0.15) is 36.7 Å². The number of hydrogen-bond acceptors (Lipinski definition) is 4. The van der Waals surface area contributed by atoms with E-state index in [1.807, 2.05) is 0 Å². The smallest absolute Gasteiger partial charge is 0.407 e. The fraction of sp³-hybridized carbons (Fsp3) is 0.333. The summed E-state index contributed by atoms with van der Waals surface area (Å²) in [6, 6.07) is 3.26. The second-order valence-electron chi connectivity index (χ2n) is 6.35. The van der Waals surface area contributed by atoms with E-state index in [1.54, 1.807) is 33.0 Å². The predicted octanol–water partition coefficient (Wildman–Crippen LogP) is 2.15. The van der Waals surface area contributed by atoms with Crippen molar-refractivity contribution in [2.45, 2.75) is 26.4 Å². The number of ether oxygens (including phenoxy) is 2. The first-order valence-electron chi connectivity index (χ1n) is 7.73. The van der Waals surface area contributed by atoms with Crippen molar-refractivity contribution < 1.29 is 19.1 Å². The summed E-state index contributed by atoms with van der Waals surface area (Å²) in [5.41, 5.74) is 6.13. The van der Waals surface area contributed by atoms with E-state index < -0.39 is 17.6 Å². The molecule has 1 aromatic carbocycles. The topological polar surface area (TPSA) is 106 Å². The molecule has 1 aromatic heterocycles. The quantitative estimate of drug-likeness (QED) is 0.571. The third-order valence-electron chi connectivity index (χ3n) is 3.25. The zero-order valence-corrected chi connectivity index (χ0v) is 14.4. The number of alkyl carbamates (subject to hydrolysis) is 1. The van der Waals surface area contributed by atoms with Gasteiger partial charge in [-0.2, -0.15) is 0 Å². The second-order valence-corrected chi connectivity index (χ2v) is 6.35. The summed E-state index contributed by atoms with van der Waals surface area (Å²) >= 11 is 0. The molecule has 4 N–H and O–H groups in total. The fourth-order valence-electron chi connectivity index (χ4n) is 2.29. The van der Waals surface area contributed by atoms with Gasteiger partial charge < -0.3 is 25.5 Å². The lowest BCUT2D eigenvalue weighted by molar-refractivity contribution is 0.0520. The SMILES string of the molecule is C#Cc1c(C(N)=O)cc(OCCNC(=O)OC(C)(C)C)c2[nH]ccc12. The number of H-pyrrole nitrogens is 1. The maximum Gasteiger partial charge on any atom is 0.407 e. The van der Waals surface area contributed by atoms with E-state index in [1.165, 1.54) is 6.07 Å². The molecule has 0 unspecified atom stereocenters. The molecule has 132 valence electrons. The number of amides is 2. The van der Waals surface area contributed by atoms with Crippen LogP contribution in [-0.2, 0) is 4.74 Å². The Morgan fingerprint density at radius 2 is 2.12 bits per heavy atom. The van der Waals surface area contributed by atoms with E-state index in [2.05, 4.69) is 16.2 Å². The van der Waals surface area contributed by atoms with Gasteiger partial charge in [-0.3, -0.25) is 4.79 Å². The summed E-state index contributed by atoms with van der Waals surface area (Å²) in [5, 5.41) is 3.27. The highest BCUT2D eigenvalue weighted by Crippen LogP contribution is 2.30. The van der Waals surface area contributed by atoms with Crippen LogP contribution in [0.3, 0.4) is 0 Å². The molecule has 1 heterocycles. The van der Waals surface area contributed by atoms with Gasteiger partial charge in [0, 0.05) is 17.1 Å². The first-order chi connectivity index (χ1) is 11.7. The first-order valence-corrected chi connectivity index (χ1v) is 7.73. The third-order valence-corrected chi connectivity index (χ3v) is 3.25. The van der Waals surface area contributed by atoms with E-state index in [-0.39, 0.29) is 18.7 Å². The van der Waals surface area contributed by atoms with Crippen LogP contribution in [-0.4, -0.2) is 35.7 Å². The van der Waals surface area contributed by atoms with Crippen molar-refractivity contribution in [2.24, 2.45) is 5.73 Å². The number of primary amides is 1. The molecule has 0 aliphatic rings. The molecule has 2 amide bonds.